The molecule has 0 fully saturated rings. The molecule has 0 aliphatic carbocycles. The minimum atomic E-state index is -6.10. The van der Waals surface area contributed by atoms with Crippen molar-refractivity contribution >= 4 is 0 Å². The van der Waals surface area contributed by atoms with Crippen LogP contribution in [0.1, 0.15) is 16.7 Å². The van der Waals surface area contributed by atoms with Crippen LogP contribution in [0, 0.1) is 0 Å². The third-order valence-electron chi connectivity index (χ3n) is 5.17. The van der Waals surface area contributed by atoms with Crippen LogP contribution in [0.15, 0.2) is 67.0 Å². The van der Waals surface area contributed by atoms with Gasteiger partial charge in [-0.25, -0.2) is 0 Å². The predicted molar refractivity (Wildman–Crippen MR) is 106 cm³/mol. The molecule has 0 bridgehead atoms. The van der Waals surface area contributed by atoms with Crippen LogP contribution in [0.2, 0.25) is 0 Å². The lowest BCUT2D eigenvalue weighted by molar-refractivity contribution is -0.376. The zero-order valence-electron chi connectivity index (χ0n) is 17.2. The van der Waals surface area contributed by atoms with Crippen molar-refractivity contribution in [3.05, 3.63) is 83.7 Å². The van der Waals surface area contributed by atoms with Crippen LogP contribution in [0.5, 0.6) is 5.75 Å². The van der Waals surface area contributed by atoms with Gasteiger partial charge in [0.2, 0.25) is 0 Å². The van der Waals surface area contributed by atoms with Crippen molar-refractivity contribution in [2.45, 2.75) is 37.4 Å². The number of ether oxygens (including phenoxy) is 1. The maximum atomic E-state index is 13.4. The number of aromatic nitrogens is 1. The third kappa shape index (κ3) is 5.14. The van der Waals surface area contributed by atoms with Crippen molar-refractivity contribution in [2.24, 2.45) is 0 Å². The lowest BCUT2D eigenvalue weighted by Crippen LogP contribution is -2.53. The highest BCUT2D eigenvalue weighted by Gasteiger charge is 2.71. The zero-order valence-corrected chi connectivity index (χ0v) is 17.2. The van der Waals surface area contributed by atoms with Gasteiger partial charge in [-0.05, 0) is 53.8 Å². The number of aryl methyl sites for hydroxylation is 2. The van der Waals surface area contributed by atoms with Crippen molar-refractivity contribution in [3.63, 3.8) is 0 Å². The smallest absolute Gasteiger partial charge is 0.430 e. The lowest BCUT2D eigenvalue weighted by Gasteiger charge is -2.33. The Morgan fingerprint density at radius 2 is 1.41 bits per heavy atom. The number of nitrogens with zero attached hydrogens (tertiary/aromatic N) is 1. The Hall–Kier alpha value is -3.21. The summed E-state index contributed by atoms with van der Waals surface area (Å²) in [5.41, 5.74) is -5.99. The molecule has 0 aliphatic rings. The summed E-state index contributed by atoms with van der Waals surface area (Å²) < 4.78 is 111. The zero-order chi connectivity index (χ0) is 25.1. The minimum absolute atomic E-state index is 0.138. The van der Waals surface area contributed by atoms with Crippen molar-refractivity contribution < 1.29 is 45.0 Å². The van der Waals surface area contributed by atoms with Crippen molar-refractivity contribution in [2.75, 3.05) is 0 Å². The molecule has 0 aliphatic heterocycles. The van der Waals surface area contributed by atoms with Crippen LogP contribution < -0.4 is 4.74 Å². The van der Waals surface area contributed by atoms with E-state index in [0.717, 1.165) is 17.7 Å². The van der Waals surface area contributed by atoms with Gasteiger partial charge >= 0.3 is 19.0 Å². The highest BCUT2D eigenvalue weighted by atomic mass is 19.4. The number of hydrogen-bond acceptors (Lipinski definition) is 3. The van der Waals surface area contributed by atoms with Crippen molar-refractivity contribution in [1.29, 1.82) is 0 Å². The maximum Gasteiger partial charge on any atom is 0.430 e. The van der Waals surface area contributed by atoms with Gasteiger partial charge in [0, 0.05) is 23.5 Å². The molecule has 3 rings (SSSR count). The summed E-state index contributed by atoms with van der Waals surface area (Å²) in [6.45, 7) is -3.29. The average molecular weight is 491 g/mol. The molecule has 2 aromatic carbocycles. The second kappa shape index (κ2) is 9.57. The summed E-state index contributed by atoms with van der Waals surface area (Å²) in [6, 6.07) is 10.4. The molecule has 0 amide bonds. The molecule has 0 radical (unpaired) electrons. The molecule has 3 nitrogen and oxygen atoms in total. The Bertz CT molecular complexity index is 1100. The fraction of sp³-hybridized carbons (Fsp3) is 0.261. The molecule has 11 heteroatoms. The van der Waals surface area contributed by atoms with Gasteiger partial charge in [0.15, 0.2) is 0 Å². The van der Waals surface area contributed by atoms with Crippen LogP contribution in [-0.4, -0.2) is 29.1 Å². The molecule has 3 aromatic rings. The van der Waals surface area contributed by atoms with Gasteiger partial charge in [0.05, 0.1) is 0 Å². The first-order valence-corrected chi connectivity index (χ1v) is 9.77. The molecular formula is C23H17F8NO2. The molecule has 0 spiro atoms. The average Bonchev–Trinajstić information content (AvgIpc) is 2.76. The van der Waals surface area contributed by atoms with Crippen LogP contribution in [0.25, 0.3) is 11.1 Å². The fourth-order valence-electron chi connectivity index (χ4n) is 3.47. The van der Waals surface area contributed by atoms with Crippen molar-refractivity contribution in [1.82, 2.24) is 4.98 Å². The Kier molecular flexibility index (Phi) is 7.15. The summed E-state index contributed by atoms with van der Waals surface area (Å²) >= 11 is 0. The number of rotatable bonds is 7. The number of halogens is 8. The number of aliphatic hydroxyl groups is 1. The molecule has 1 N–H and O–H groups in total. The quantitative estimate of drug-likeness (QED) is 0.387. The molecular weight excluding hydrogens is 474 g/mol. The minimum Gasteiger partial charge on any atom is -0.434 e. The van der Waals surface area contributed by atoms with E-state index in [9.17, 15) is 40.2 Å². The van der Waals surface area contributed by atoms with Gasteiger partial charge in [-0.1, -0.05) is 30.3 Å². The first kappa shape index (κ1) is 25.4. The summed E-state index contributed by atoms with van der Waals surface area (Å²) in [5, 5.41) is 9.83. The summed E-state index contributed by atoms with van der Waals surface area (Å²) in [4.78, 5) is 3.86. The third-order valence-corrected chi connectivity index (χ3v) is 5.17. The number of hydrogen-bond donors (Lipinski definition) is 1. The molecule has 0 unspecified atom stereocenters. The number of pyridine rings is 1. The van der Waals surface area contributed by atoms with Crippen LogP contribution in [0.3, 0.4) is 0 Å². The van der Waals surface area contributed by atoms with Gasteiger partial charge in [-0.2, -0.15) is 35.1 Å². The number of alkyl halides is 8. The second-order valence-corrected chi connectivity index (χ2v) is 7.31. The Balaban J connectivity index is 2.19. The maximum absolute atomic E-state index is 13.4. The molecule has 0 saturated carbocycles. The van der Waals surface area contributed by atoms with E-state index in [4.69, 9.17) is 0 Å². The molecule has 0 atom stereocenters. The van der Waals surface area contributed by atoms with E-state index in [1.165, 1.54) is 30.6 Å². The molecule has 1 aromatic heterocycles. The highest BCUT2D eigenvalue weighted by molar-refractivity contribution is 5.74. The van der Waals surface area contributed by atoms with Gasteiger partial charge in [-0.3, -0.25) is 4.98 Å². The SMILES string of the molecule is OC(c1ccc(CCc2ccncc2)c(-c2ccccc2OC(F)F)c1)(C(F)(F)F)C(F)(F)F. The van der Waals surface area contributed by atoms with E-state index in [0.29, 0.717) is 18.6 Å². The largest absolute Gasteiger partial charge is 0.434 e. The monoisotopic (exact) mass is 491 g/mol. The van der Waals surface area contributed by atoms with Crippen LogP contribution in [-0.2, 0) is 18.4 Å². The summed E-state index contributed by atoms with van der Waals surface area (Å²) in [5.74, 6) is -0.442. The lowest BCUT2D eigenvalue weighted by atomic mass is 9.86. The number of benzene rings is 2. The predicted octanol–water partition coefficient (Wildman–Crippen LogP) is 6.45. The van der Waals surface area contributed by atoms with E-state index in [1.807, 2.05) is 0 Å². The summed E-state index contributed by atoms with van der Waals surface area (Å²) in [7, 11) is 0. The Morgan fingerprint density at radius 3 is 2.00 bits per heavy atom. The number of para-hydroxylation sites is 1. The normalized spacial score (nSPS) is 12.8. The van der Waals surface area contributed by atoms with E-state index in [2.05, 4.69) is 9.72 Å². The molecule has 1 heterocycles. The van der Waals surface area contributed by atoms with Crippen LogP contribution >= 0.6 is 0 Å². The van der Waals surface area contributed by atoms with Crippen molar-refractivity contribution in [3.8, 4) is 16.9 Å². The second-order valence-electron chi connectivity index (χ2n) is 7.31. The molecule has 0 saturated heterocycles. The Morgan fingerprint density at radius 1 is 0.794 bits per heavy atom. The molecule has 182 valence electrons. The summed E-state index contributed by atoms with van der Waals surface area (Å²) in [6.07, 6.45) is -8.70. The van der Waals surface area contributed by atoms with Crippen LogP contribution in [0.4, 0.5) is 35.1 Å². The Labute approximate surface area is 188 Å². The first-order valence-electron chi connectivity index (χ1n) is 9.77. The standard InChI is InChI=1S/C23H17F8NO2/c24-20(25)34-19-4-2-1-3-17(19)18-13-16(21(33,22(26,27)28)23(29,30)31)8-7-15(18)6-5-14-9-11-32-12-10-14/h1-4,7-13,20,33H,5-6H2. The highest BCUT2D eigenvalue weighted by Crippen LogP contribution is 2.51. The van der Waals surface area contributed by atoms with Gasteiger partial charge in [0.25, 0.3) is 5.60 Å². The molecule has 34 heavy (non-hydrogen) atoms. The van der Waals surface area contributed by atoms with E-state index in [-0.39, 0.29) is 23.1 Å². The first-order chi connectivity index (χ1) is 15.8. The van der Waals surface area contributed by atoms with E-state index >= 15 is 0 Å². The fourth-order valence-corrected chi connectivity index (χ4v) is 3.47. The van der Waals surface area contributed by atoms with E-state index in [1.54, 1.807) is 12.1 Å². The van der Waals surface area contributed by atoms with Gasteiger partial charge < -0.3 is 9.84 Å². The topological polar surface area (TPSA) is 42.4 Å². The van der Waals surface area contributed by atoms with Gasteiger partial charge in [0.1, 0.15) is 5.75 Å². The van der Waals surface area contributed by atoms with E-state index < -0.39 is 35.9 Å². The van der Waals surface area contributed by atoms with Gasteiger partial charge in [-0.15, -0.1) is 0 Å².